The van der Waals surface area contributed by atoms with Crippen molar-refractivity contribution in [1.29, 1.82) is 0 Å². The number of benzene rings is 2. The van der Waals surface area contributed by atoms with Crippen LogP contribution in [0.5, 0.6) is 5.75 Å². The summed E-state index contributed by atoms with van der Waals surface area (Å²) in [5, 5.41) is 39.4. The monoisotopic (exact) mass is 909 g/mol. The molecule has 4 heterocycles. The van der Waals surface area contributed by atoms with Gasteiger partial charge in [-0.15, -0.1) is 0 Å². The van der Waals surface area contributed by atoms with E-state index in [9.17, 15) is 39.0 Å². The van der Waals surface area contributed by atoms with Crippen LogP contribution in [0.1, 0.15) is 43.7 Å². The minimum atomic E-state index is -1.54. The number of para-hydroxylation sites is 1. The average Bonchev–Trinajstić information content (AvgIpc) is 3.88. The molecule has 7 rings (SSSR count). The first-order valence-corrected chi connectivity index (χ1v) is 23.6. The highest BCUT2D eigenvalue weighted by Gasteiger charge is 2.47. The zero-order valence-electron chi connectivity index (χ0n) is 36.5. The van der Waals surface area contributed by atoms with Crippen molar-refractivity contribution >= 4 is 58.1 Å². The molecule has 0 bridgehead atoms. The second-order valence-electron chi connectivity index (χ2n) is 17.2. The van der Waals surface area contributed by atoms with Gasteiger partial charge in [-0.1, -0.05) is 54.6 Å². The predicted molar refractivity (Wildman–Crippen MR) is 247 cm³/mol. The Labute approximate surface area is 381 Å². The third kappa shape index (κ3) is 11.1. The zero-order chi connectivity index (χ0) is 46.2. The van der Waals surface area contributed by atoms with Gasteiger partial charge in [-0.25, -0.2) is 0 Å². The van der Waals surface area contributed by atoms with Crippen LogP contribution < -0.4 is 37.6 Å². The summed E-state index contributed by atoms with van der Waals surface area (Å²) >= 11 is 1.45. The number of allylic oxidation sites excluding steroid dienone is 2. The average molecular weight is 910 g/mol. The Kier molecular flexibility index (Phi) is 15.5. The van der Waals surface area contributed by atoms with E-state index in [-0.39, 0.29) is 67.6 Å². The van der Waals surface area contributed by atoms with Gasteiger partial charge < -0.3 is 57.7 Å². The summed E-state index contributed by atoms with van der Waals surface area (Å²) in [7, 11) is 0. The number of phenols is 1. The standard InChI is InChI=1S/C47H59N9O8S/c1-26(57)41-46(63)52-36(18-20-65-2)47(64)56-25-39-32(31-10-4-6-12-34(31)50-39)23-40(56)45(62)54-37(21-27-14-16-29(58)17-15-27)43(60)53-38(22-28-24-49-33-11-5-3-9-30(28)33)44(61)51-35(42(59)55-41)13-7-8-19-48/h3-6,9-12,14-17,23-24,26,31-32,34-39,41,49-50,57-58H,7-8,13,18-22,25,48H2,1-2H3,(H,51,61)(H,52,63)(H,53,60)(H,54,62)(H,55,59)/t26-,31?,32?,34?,35+,36+,37+,38-,39?,41+/m1/s1. The van der Waals surface area contributed by atoms with Crippen LogP contribution in [0.4, 0.5) is 0 Å². The Morgan fingerprint density at radius 2 is 1.48 bits per heavy atom. The van der Waals surface area contributed by atoms with Crippen LogP contribution in [0.15, 0.2) is 90.8 Å². The van der Waals surface area contributed by atoms with Crippen LogP contribution in [0.2, 0.25) is 0 Å². The van der Waals surface area contributed by atoms with Gasteiger partial charge in [-0.05, 0) is 86.6 Å². The molecule has 346 valence electrons. The van der Waals surface area contributed by atoms with Crippen molar-refractivity contribution in [2.75, 3.05) is 25.1 Å². The number of aromatic amines is 1. The minimum absolute atomic E-state index is 0.00139. The van der Waals surface area contributed by atoms with Crippen molar-refractivity contribution in [1.82, 2.24) is 41.8 Å². The number of aromatic nitrogens is 1. The number of carbonyl (C=O) groups excluding carboxylic acids is 6. The summed E-state index contributed by atoms with van der Waals surface area (Å²) in [5.74, 6) is -4.13. The van der Waals surface area contributed by atoms with Gasteiger partial charge in [0.1, 0.15) is 41.7 Å². The number of fused-ring (bicyclic) bond motifs is 5. The van der Waals surface area contributed by atoms with Crippen molar-refractivity contribution in [3.05, 3.63) is 102 Å². The number of aliphatic hydroxyl groups is 1. The smallest absolute Gasteiger partial charge is 0.268 e. The summed E-state index contributed by atoms with van der Waals surface area (Å²) in [6, 6.07) is 6.74. The van der Waals surface area contributed by atoms with Crippen molar-refractivity contribution in [3.63, 3.8) is 0 Å². The van der Waals surface area contributed by atoms with Crippen LogP contribution in [0, 0.1) is 11.8 Å². The van der Waals surface area contributed by atoms with E-state index in [1.807, 2.05) is 48.7 Å². The highest BCUT2D eigenvalue weighted by atomic mass is 32.2. The Hall–Kier alpha value is -5.95. The zero-order valence-corrected chi connectivity index (χ0v) is 37.3. The molecule has 2 fully saturated rings. The Morgan fingerprint density at radius 3 is 2.22 bits per heavy atom. The number of thioether (sulfide) groups is 1. The lowest BCUT2D eigenvalue weighted by molar-refractivity contribution is -0.140. The van der Waals surface area contributed by atoms with Gasteiger partial charge in [0.25, 0.3) is 5.91 Å². The second kappa shape index (κ2) is 21.4. The van der Waals surface area contributed by atoms with E-state index in [0.29, 0.717) is 36.3 Å². The molecular weight excluding hydrogens is 851 g/mol. The molecule has 0 saturated carbocycles. The van der Waals surface area contributed by atoms with Crippen LogP contribution in [0.3, 0.4) is 0 Å². The lowest BCUT2D eigenvalue weighted by Gasteiger charge is -2.38. The largest absolute Gasteiger partial charge is 0.508 e. The first-order chi connectivity index (χ1) is 31.3. The van der Waals surface area contributed by atoms with E-state index in [4.69, 9.17) is 5.73 Å². The molecule has 6 amide bonds. The maximum Gasteiger partial charge on any atom is 0.268 e. The summed E-state index contributed by atoms with van der Waals surface area (Å²) in [6.45, 7) is 1.72. The number of H-pyrrole nitrogens is 1. The summed E-state index contributed by atoms with van der Waals surface area (Å²) in [4.78, 5) is 92.1. The SMILES string of the molecule is CSCC[C@@H]1NC(=O)[C@H]([C@@H](C)O)NC(=O)[C@H](CCCCN)NC(=O)[C@@H](Cc2c[nH]c3ccccc23)NC(=O)[C@H](Cc2ccc(O)cc2)NC(=O)C2=CC3C(CN2C1=O)NC1C=CC=CC13. The van der Waals surface area contributed by atoms with E-state index in [1.165, 1.54) is 35.7 Å². The molecule has 2 saturated heterocycles. The number of amides is 6. The van der Waals surface area contributed by atoms with E-state index in [2.05, 4.69) is 43.0 Å². The van der Waals surface area contributed by atoms with Gasteiger partial charge in [0, 0.05) is 60.4 Å². The fourth-order valence-corrected chi connectivity index (χ4v) is 9.58. The summed E-state index contributed by atoms with van der Waals surface area (Å²) in [5.41, 5.74) is 7.86. The second-order valence-corrected chi connectivity index (χ2v) is 18.1. The van der Waals surface area contributed by atoms with Gasteiger partial charge in [0.05, 0.1) is 6.10 Å². The number of rotatable bonds is 12. The van der Waals surface area contributed by atoms with Crippen molar-refractivity contribution in [2.45, 2.75) is 93.8 Å². The number of aromatic hydroxyl groups is 1. The number of nitrogens with zero attached hydrogens (tertiary/aromatic N) is 1. The number of hydrogen-bond donors (Lipinski definition) is 10. The number of nitrogens with two attached hydrogens (primary N) is 1. The number of nitrogens with one attached hydrogen (secondary N) is 7. The normalized spacial score (nSPS) is 28.1. The first-order valence-electron chi connectivity index (χ1n) is 22.2. The minimum Gasteiger partial charge on any atom is -0.508 e. The molecule has 4 aliphatic rings. The molecule has 3 aromatic rings. The molecule has 18 heteroatoms. The van der Waals surface area contributed by atoms with Gasteiger partial charge >= 0.3 is 0 Å². The molecule has 65 heavy (non-hydrogen) atoms. The van der Waals surface area contributed by atoms with Crippen LogP contribution >= 0.6 is 11.8 Å². The molecule has 0 spiro atoms. The molecule has 1 aromatic heterocycles. The van der Waals surface area contributed by atoms with Crippen molar-refractivity contribution in [3.8, 4) is 5.75 Å². The maximum atomic E-state index is 14.9. The van der Waals surface area contributed by atoms with Gasteiger partial charge in [-0.2, -0.15) is 11.8 Å². The van der Waals surface area contributed by atoms with Gasteiger partial charge in [-0.3, -0.25) is 28.8 Å². The van der Waals surface area contributed by atoms with Crippen LogP contribution in [-0.4, -0.2) is 129 Å². The molecule has 3 aliphatic heterocycles. The quantitative estimate of drug-likeness (QED) is 0.114. The maximum absolute atomic E-state index is 14.9. The highest BCUT2D eigenvalue weighted by molar-refractivity contribution is 7.98. The third-order valence-electron chi connectivity index (χ3n) is 12.6. The topological polar surface area (TPSA) is 260 Å². The Bertz CT molecular complexity index is 2330. The predicted octanol–water partition coefficient (Wildman–Crippen LogP) is 0.784. The first kappa shape index (κ1) is 47.0. The van der Waals surface area contributed by atoms with E-state index >= 15 is 0 Å². The third-order valence-corrected chi connectivity index (χ3v) is 13.3. The fourth-order valence-electron chi connectivity index (χ4n) is 9.11. The summed E-state index contributed by atoms with van der Waals surface area (Å²) in [6.07, 6.45) is 13.0. The van der Waals surface area contributed by atoms with Crippen LogP contribution in [-0.2, 0) is 41.6 Å². The molecule has 1 aliphatic carbocycles. The number of unbranched alkanes of at least 4 members (excludes halogenated alkanes) is 1. The van der Waals surface area contributed by atoms with E-state index in [0.717, 1.165) is 10.9 Å². The molecular formula is C47H59N9O8S. The van der Waals surface area contributed by atoms with E-state index in [1.54, 1.807) is 24.4 Å². The van der Waals surface area contributed by atoms with Gasteiger partial charge in [0.2, 0.25) is 29.5 Å². The Morgan fingerprint density at radius 1 is 0.785 bits per heavy atom. The molecule has 10 atom stereocenters. The fraction of sp³-hybridized carbons (Fsp3) is 0.447. The highest BCUT2D eigenvalue weighted by Crippen LogP contribution is 2.37. The number of phenolic OH excluding ortho intramolecular Hbond substituents is 1. The summed E-state index contributed by atoms with van der Waals surface area (Å²) < 4.78 is 0. The Balaban J connectivity index is 1.32. The molecule has 11 N–H and O–H groups in total. The lowest BCUT2D eigenvalue weighted by Crippen LogP contribution is -2.63. The number of aliphatic hydroxyl groups excluding tert-OH is 1. The number of hydrogen-bond acceptors (Lipinski definition) is 11. The van der Waals surface area contributed by atoms with E-state index < -0.39 is 71.8 Å². The molecule has 0 radical (unpaired) electrons. The van der Waals surface area contributed by atoms with Crippen molar-refractivity contribution in [2.24, 2.45) is 17.6 Å². The number of carbonyl (C=O) groups is 6. The molecule has 2 aromatic carbocycles. The molecule has 4 unspecified atom stereocenters. The lowest BCUT2D eigenvalue weighted by atomic mass is 9.82. The molecule has 17 nitrogen and oxygen atoms in total. The van der Waals surface area contributed by atoms with Gasteiger partial charge in [0.15, 0.2) is 0 Å². The van der Waals surface area contributed by atoms with Crippen LogP contribution in [0.25, 0.3) is 10.9 Å². The van der Waals surface area contributed by atoms with Crippen molar-refractivity contribution < 1.29 is 39.0 Å².